The Morgan fingerprint density at radius 2 is 1.55 bits per heavy atom. The first-order chi connectivity index (χ1) is 9.59. The second-order valence-corrected chi connectivity index (χ2v) is 5.92. The molecule has 0 unspecified atom stereocenters. The molecule has 1 aromatic carbocycles. The zero-order valence-corrected chi connectivity index (χ0v) is 11.6. The van der Waals surface area contributed by atoms with Crippen molar-refractivity contribution in [3.05, 3.63) is 35.4 Å². The van der Waals surface area contributed by atoms with Gasteiger partial charge < -0.3 is 5.11 Å². The molecule has 0 saturated heterocycles. The first-order valence-corrected chi connectivity index (χ1v) is 7.24. The molecule has 2 amide bonds. The van der Waals surface area contributed by atoms with Gasteiger partial charge in [0.2, 0.25) is 0 Å². The molecule has 1 fully saturated rings. The number of carbonyl (C=O) groups is 2. The van der Waals surface area contributed by atoms with E-state index in [-0.39, 0.29) is 17.9 Å². The molecule has 0 spiro atoms. The Balaban J connectivity index is 1.92. The van der Waals surface area contributed by atoms with Crippen LogP contribution in [0.5, 0.6) is 0 Å². The predicted molar refractivity (Wildman–Crippen MR) is 74.4 cm³/mol. The van der Waals surface area contributed by atoms with Crippen molar-refractivity contribution >= 4 is 11.8 Å². The van der Waals surface area contributed by atoms with Crippen molar-refractivity contribution < 1.29 is 14.7 Å². The van der Waals surface area contributed by atoms with Crippen LogP contribution in [-0.4, -0.2) is 34.0 Å². The van der Waals surface area contributed by atoms with Crippen LogP contribution in [-0.2, 0) is 0 Å². The van der Waals surface area contributed by atoms with E-state index in [0.717, 1.165) is 12.8 Å². The minimum atomic E-state index is -0.609. The number of rotatable bonds is 1. The predicted octanol–water partition coefficient (Wildman–Crippen LogP) is 2.22. The summed E-state index contributed by atoms with van der Waals surface area (Å²) in [7, 11) is 0. The van der Waals surface area contributed by atoms with Crippen molar-refractivity contribution in [1.82, 2.24) is 4.90 Å². The lowest BCUT2D eigenvalue weighted by Crippen LogP contribution is -2.46. The smallest absolute Gasteiger partial charge is 0.261 e. The third-order valence-corrected chi connectivity index (χ3v) is 4.51. The van der Waals surface area contributed by atoms with E-state index in [0.29, 0.717) is 29.9 Å². The Kier molecular flexibility index (Phi) is 3.34. The molecule has 1 saturated carbocycles. The zero-order chi connectivity index (χ0) is 14.3. The average molecular weight is 273 g/mol. The number of aliphatic hydroxyl groups excluding tert-OH is 1. The van der Waals surface area contributed by atoms with Crippen LogP contribution < -0.4 is 0 Å². The summed E-state index contributed by atoms with van der Waals surface area (Å²) in [4.78, 5) is 26.2. The standard InChI is InChI=1S/C16H19NO3/c1-10-6-8-13(14(18)9-7-10)17-15(19)11-4-2-3-5-12(11)16(17)20/h2-5,10,13-14,18H,6-9H2,1H3/t10-,13+,14+/m1/s1. The van der Waals surface area contributed by atoms with Crippen LogP contribution in [0.4, 0.5) is 0 Å². The second kappa shape index (κ2) is 5.02. The number of hydrogen-bond acceptors (Lipinski definition) is 3. The second-order valence-electron chi connectivity index (χ2n) is 5.92. The lowest BCUT2D eigenvalue weighted by atomic mass is 10.0. The van der Waals surface area contributed by atoms with Crippen molar-refractivity contribution in [2.75, 3.05) is 0 Å². The molecule has 4 nitrogen and oxygen atoms in total. The Bertz CT molecular complexity index is 519. The molecule has 4 heteroatoms. The van der Waals surface area contributed by atoms with Crippen LogP contribution in [0.1, 0.15) is 53.3 Å². The number of aliphatic hydroxyl groups is 1. The van der Waals surface area contributed by atoms with E-state index in [1.807, 2.05) is 0 Å². The number of amides is 2. The van der Waals surface area contributed by atoms with E-state index in [1.165, 1.54) is 4.90 Å². The molecule has 0 radical (unpaired) electrons. The quantitative estimate of drug-likeness (QED) is 0.630. The molecule has 3 rings (SSSR count). The van der Waals surface area contributed by atoms with E-state index in [4.69, 9.17) is 0 Å². The summed E-state index contributed by atoms with van der Waals surface area (Å²) in [6, 6.07) is 6.51. The van der Waals surface area contributed by atoms with Gasteiger partial charge in [0, 0.05) is 0 Å². The van der Waals surface area contributed by atoms with Crippen molar-refractivity contribution in [3.63, 3.8) is 0 Å². The Hall–Kier alpha value is -1.68. The Morgan fingerprint density at radius 1 is 1.00 bits per heavy atom. The molecule has 1 aromatic rings. The highest BCUT2D eigenvalue weighted by Crippen LogP contribution is 2.32. The number of imide groups is 1. The van der Waals surface area contributed by atoms with Crippen molar-refractivity contribution in [1.29, 1.82) is 0 Å². The molecule has 1 aliphatic carbocycles. The molecule has 106 valence electrons. The Labute approximate surface area is 118 Å². The molecular weight excluding hydrogens is 254 g/mol. The number of hydrogen-bond donors (Lipinski definition) is 1. The fourth-order valence-corrected chi connectivity index (χ4v) is 3.25. The molecule has 0 bridgehead atoms. The first-order valence-electron chi connectivity index (χ1n) is 7.24. The third kappa shape index (κ3) is 2.04. The van der Waals surface area contributed by atoms with Gasteiger partial charge in [-0.3, -0.25) is 14.5 Å². The summed E-state index contributed by atoms with van der Waals surface area (Å²) in [5, 5.41) is 10.3. The topological polar surface area (TPSA) is 57.6 Å². The van der Waals surface area contributed by atoms with Gasteiger partial charge in [0.15, 0.2) is 0 Å². The number of fused-ring (bicyclic) bond motifs is 1. The van der Waals surface area contributed by atoms with Gasteiger partial charge in [0.05, 0.1) is 23.3 Å². The van der Waals surface area contributed by atoms with Crippen LogP contribution in [0.2, 0.25) is 0 Å². The van der Waals surface area contributed by atoms with E-state index in [1.54, 1.807) is 24.3 Å². The minimum absolute atomic E-state index is 0.260. The monoisotopic (exact) mass is 273 g/mol. The minimum Gasteiger partial charge on any atom is -0.391 e. The van der Waals surface area contributed by atoms with Crippen LogP contribution >= 0.6 is 0 Å². The van der Waals surface area contributed by atoms with Gasteiger partial charge >= 0.3 is 0 Å². The fourth-order valence-electron chi connectivity index (χ4n) is 3.25. The molecule has 1 aliphatic heterocycles. The normalized spacial score (nSPS) is 30.3. The summed E-state index contributed by atoms with van der Waals surface area (Å²) in [6.07, 6.45) is 2.62. The molecule has 1 N–H and O–H groups in total. The molecule has 0 aromatic heterocycles. The summed E-state index contributed by atoms with van der Waals surface area (Å²) in [5.74, 6) is 0.0123. The first kappa shape index (κ1) is 13.3. The maximum Gasteiger partial charge on any atom is 0.261 e. The summed E-state index contributed by atoms with van der Waals surface area (Å²) >= 11 is 0. The maximum absolute atomic E-state index is 12.4. The van der Waals surface area contributed by atoms with Gasteiger partial charge in [0.1, 0.15) is 0 Å². The van der Waals surface area contributed by atoms with Gasteiger partial charge in [-0.1, -0.05) is 19.1 Å². The highest BCUT2D eigenvalue weighted by Gasteiger charge is 2.42. The van der Waals surface area contributed by atoms with Crippen LogP contribution in [0.25, 0.3) is 0 Å². The van der Waals surface area contributed by atoms with Gasteiger partial charge in [-0.15, -0.1) is 0 Å². The lowest BCUT2D eigenvalue weighted by Gasteiger charge is -2.28. The van der Waals surface area contributed by atoms with Crippen molar-refractivity contribution in [2.24, 2.45) is 5.92 Å². The molecule has 1 heterocycles. The van der Waals surface area contributed by atoms with Gasteiger partial charge in [-0.05, 0) is 43.7 Å². The average Bonchev–Trinajstić information content (AvgIpc) is 2.58. The number of benzene rings is 1. The van der Waals surface area contributed by atoms with Gasteiger partial charge in [0.25, 0.3) is 11.8 Å². The van der Waals surface area contributed by atoms with Crippen molar-refractivity contribution in [3.8, 4) is 0 Å². The highest BCUT2D eigenvalue weighted by atomic mass is 16.3. The van der Waals surface area contributed by atoms with Gasteiger partial charge in [-0.25, -0.2) is 0 Å². The zero-order valence-electron chi connectivity index (χ0n) is 11.6. The highest BCUT2D eigenvalue weighted by molar-refractivity contribution is 6.21. The van der Waals surface area contributed by atoms with E-state index in [9.17, 15) is 14.7 Å². The SMILES string of the molecule is C[C@H]1CC[C@H](O)[C@@H](N2C(=O)c3ccccc3C2=O)CC1. The van der Waals surface area contributed by atoms with E-state index in [2.05, 4.69) is 6.92 Å². The van der Waals surface area contributed by atoms with Crippen LogP contribution in [0.15, 0.2) is 24.3 Å². The number of nitrogens with zero attached hydrogens (tertiary/aromatic N) is 1. The third-order valence-electron chi connectivity index (χ3n) is 4.51. The lowest BCUT2D eigenvalue weighted by molar-refractivity contribution is 0.0321. The van der Waals surface area contributed by atoms with E-state index >= 15 is 0 Å². The molecule has 20 heavy (non-hydrogen) atoms. The summed E-state index contributed by atoms with van der Waals surface area (Å²) < 4.78 is 0. The van der Waals surface area contributed by atoms with Gasteiger partial charge in [-0.2, -0.15) is 0 Å². The van der Waals surface area contributed by atoms with Crippen molar-refractivity contribution in [2.45, 2.75) is 44.8 Å². The fraction of sp³-hybridized carbons (Fsp3) is 0.500. The molecular formula is C16H19NO3. The number of carbonyl (C=O) groups excluding carboxylic acids is 2. The van der Waals surface area contributed by atoms with E-state index < -0.39 is 6.10 Å². The summed E-state index contributed by atoms with van der Waals surface area (Å²) in [6.45, 7) is 2.15. The Morgan fingerprint density at radius 3 is 2.15 bits per heavy atom. The largest absolute Gasteiger partial charge is 0.391 e. The maximum atomic E-state index is 12.4. The van der Waals surface area contributed by atoms with Crippen LogP contribution in [0.3, 0.4) is 0 Å². The summed E-state index contributed by atoms with van der Waals surface area (Å²) in [5.41, 5.74) is 0.920. The molecule has 3 atom stereocenters. The van der Waals surface area contributed by atoms with Crippen LogP contribution in [0, 0.1) is 5.92 Å². The molecule has 2 aliphatic rings.